The van der Waals surface area contributed by atoms with Gasteiger partial charge < -0.3 is 29.4 Å². The summed E-state index contributed by atoms with van der Waals surface area (Å²) in [5.41, 5.74) is -1.97. The molecular weight excluding hydrogens is 523 g/mol. The number of halogens is 3. The minimum Gasteiger partial charge on any atom is -0.507 e. The Bertz CT molecular complexity index is 1230. The van der Waals surface area contributed by atoms with Crippen molar-refractivity contribution in [3.63, 3.8) is 0 Å². The summed E-state index contributed by atoms with van der Waals surface area (Å²) in [6.07, 6.45) is -7.73. The quantitative estimate of drug-likeness (QED) is 0.369. The number of carbonyl (C=O) groups is 3. The van der Waals surface area contributed by atoms with Crippen LogP contribution in [0.3, 0.4) is 0 Å². The van der Waals surface area contributed by atoms with Crippen molar-refractivity contribution in [1.29, 1.82) is 0 Å². The fraction of sp³-hybridized carbons (Fsp3) is 0.370. The van der Waals surface area contributed by atoms with Gasteiger partial charge in [-0.25, -0.2) is 9.59 Å². The summed E-state index contributed by atoms with van der Waals surface area (Å²) in [5.74, 6) is -4.60. The molecule has 9 nitrogen and oxygen atoms in total. The normalized spacial score (nSPS) is 22.9. The Morgan fingerprint density at radius 2 is 1.85 bits per heavy atom. The van der Waals surface area contributed by atoms with Crippen LogP contribution in [0, 0.1) is 0 Å². The maximum atomic E-state index is 13.3. The molecule has 2 N–H and O–H groups in total. The first kappa shape index (κ1) is 29.5. The number of nitrogens with one attached hydrogen (secondary N) is 1. The number of aromatic hydroxyl groups is 1. The number of carbonyl (C=O) groups excluding carboxylic acids is 3. The van der Waals surface area contributed by atoms with Gasteiger partial charge in [-0.2, -0.15) is 13.2 Å². The molecule has 1 aliphatic rings. The second-order valence-corrected chi connectivity index (χ2v) is 9.06. The van der Waals surface area contributed by atoms with Crippen LogP contribution in [0.2, 0.25) is 0 Å². The van der Waals surface area contributed by atoms with Gasteiger partial charge in [0.25, 0.3) is 0 Å². The molecule has 0 aliphatic carbocycles. The van der Waals surface area contributed by atoms with Crippen LogP contribution in [0.25, 0.3) is 0 Å². The summed E-state index contributed by atoms with van der Waals surface area (Å²) in [6, 6.07) is 10.5. The van der Waals surface area contributed by atoms with Gasteiger partial charge in [-0.1, -0.05) is 30.9 Å². The monoisotopic (exact) mass is 551 g/mol. The van der Waals surface area contributed by atoms with E-state index in [1.54, 1.807) is 18.2 Å². The van der Waals surface area contributed by atoms with Crippen LogP contribution in [-0.4, -0.2) is 60.6 Å². The Morgan fingerprint density at radius 1 is 1.18 bits per heavy atom. The molecule has 0 unspecified atom stereocenters. The van der Waals surface area contributed by atoms with Gasteiger partial charge in [0.1, 0.15) is 23.7 Å². The van der Waals surface area contributed by atoms with Crippen molar-refractivity contribution in [2.45, 2.75) is 50.3 Å². The number of benzene rings is 2. The zero-order valence-electron chi connectivity index (χ0n) is 21.4. The van der Waals surface area contributed by atoms with Crippen LogP contribution in [0.5, 0.6) is 11.5 Å². The molecule has 1 saturated heterocycles. The maximum Gasteiger partial charge on any atom is 0.471 e. The number of methoxy groups -OCH3 is 1. The number of phenolic OH excluding ortho intramolecular Hbond substituents is 1. The van der Waals surface area contributed by atoms with Crippen molar-refractivity contribution in [1.82, 2.24) is 5.32 Å². The summed E-state index contributed by atoms with van der Waals surface area (Å²) >= 11 is 0. The third kappa shape index (κ3) is 6.51. The predicted molar refractivity (Wildman–Crippen MR) is 131 cm³/mol. The van der Waals surface area contributed by atoms with E-state index in [-0.39, 0.29) is 35.5 Å². The molecule has 3 rings (SSSR count). The van der Waals surface area contributed by atoms with Crippen LogP contribution in [0.1, 0.15) is 52.7 Å². The first-order valence-corrected chi connectivity index (χ1v) is 11.8. The highest BCUT2D eigenvalue weighted by Gasteiger charge is 2.53. The Kier molecular flexibility index (Phi) is 8.90. The lowest BCUT2D eigenvalue weighted by Gasteiger charge is -2.47. The van der Waals surface area contributed by atoms with Gasteiger partial charge in [-0.05, 0) is 38.1 Å². The number of amides is 1. The van der Waals surface area contributed by atoms with Crippen LogP contribution in [0.4, 0.5) is 13.2 Å². The van der Waals surface area contributed by atoms with Crippen LogP contribution >= 0.6 is 0 Å². The standard InChI is InChI=1S/C27H28F3NO8/c1-5-13-37-18-12-11-17(21(32)20(18)24(34)36-4)19-14-26(3,31-25(35)27(28,29)30)22(15(2)38-19)39-23(33)16-9-7-6-8-10-16/h5-12,15,19,22,32H,1,13-14H2,2-4H3,(H,31,35)/t15-,19-,22+,26-/m0/s1. The molecule has 12 heteroatoms. The fourth-order valence-electron chi connectivity index (χ4n) is 4.43. The van der Waals surface area contributed by atoms with Crippen LogP contribution in [0.15, 0.2) is 55.1 Å². The number of hydrogen-bond donors (Lipinski definition) is 2. The Morgan fingerprint density at radius 3 is 2.44 bits per heavy atom. The lowest BCUT2D eigenvalue weighted by Crippen LogP contribution is -2.64. The van der Waals surface area contributed by atoms with Gasteiger partial charge in [0, 0.05) is 12.0 Å². The van der Waals surface area contributed by atoms with Gasteiger partial charge in [0.05, 0.1) is 30.4 Å². The number of phenols is 1. The van der Waals surface area contributed by atoms with E-state index < -0.39 is 53.6 Å². The largest absolute Gasteiger partial charge is 0.507 e. The topological polar surface area (TPSA) is 120 Å². The lowest BCUT2D eigenvalue weighted by molar-refractivity contribution is -0.187. The molecule has 210 valence electrons. The molecule has 2 aromatic carbocycles. The molecule has 1 aliphatic heterocycles. The minimum atomic E-state index is -5.22. The van der Waals surface area contributed by atoms with Gasteiger partial charge in [-0.3, -0.25) is 4.79 Å². The molecule has 0 bridgehead atoms. The van der Waals surface area contributed by atoms with E-state index in [0.717, 1.165) is 7.11 Å². The fourth-order valence-corrected chi connectivity index (χ4v) is 4.43. The summed E-state index contributed by atoms with van der Waals surface area (Å²) in [6.45, 7) is 6.27. The van der Waals surface area contributed by atoms with E-state index in [4.69, 9.17) is 18.9 Å². The van der Waals surface area contributed by atoms with Gasteiger partial charge in [-0.15, -0.1) is 0 Å². The molecule has 1 fully saturated rings. The summed E-state index contributed by atoms with van der Waals surface area (Å²) in [4.78, 5) is 37.3. The van der Waals surface area contributed by atoms with E-state index >= 15 is 0 Å². The van der Waals surface area contributed by atoms with Crippen molar-refractivity contribution in [3.8, 4) is 11.5 Å². The third-order valence-corrected chi connectivity index (χ3v) is 6.21. The third-order valence-electron chi connectivity index (χ3n) is 6.21. The van der Waals surface area contributed by atoms with Crippen molar-refractivity contribution in [2.24, 2.45) is 0 Å². The molecule has 0 spiro atoms. The molecule has 1 amide bonds. The van der Waals surface area contributed by atoms with Gasteiger partial charge >= 0.3 is 24.0 Å². The first-order valence-electron chi connectivity index (χ1n) is 11.8. The molecule has 0 aromatic heterocycles. The second-order valence-electron chi connectivity index (χ2n) is 9.06. The average Bonchev–Trinajstić information content (AvgIpc) is 2.88. The summed E-state index contributed by atoms with van der Waals surface area (Å²) in [7, 11) is 1.10. The highest BCUT2D eigenvalue weighted by molar-refractivity contribution is 5.96. The van der Waals surface area contributed by atoms with Crippen molar-refractivity contribution in [3.05, 3.63) is 71.8 Å². The smallest absolute Gasteiger partial charge is 0.471 e. The molecule has 2 aromatic rings. The average molecular weight is 552 g/mol. The number of alkyl halides is 3. The summed E-state index contributed by atoms with van der Waals surface area (Å²) < 4.78 is 61.5. The van der Waals surface area contributed by atoms with Gasteiger partial charge in [0.2, 0.25) is 0 Å². The highest BCUT2D eigenvalue weighted by Crippen LogP contribution is 2.45. The van der Waals surface area contributed by atoms with E-state index in [2.05, 4.69) is 6.58 Å². The molecule has 0 radical (unpaired) electrons. The zero-order valence-corrected chi connectivity index (χ0v) is 21.4. The number of rotatable bonds is 8. The SMILES string of the molecule is C=CCOc1ccc([C@@H]2C[C@](C)(NC(=O)C(F)(F)F)[C@H](OC(=O)c3ccccc3)[C@H](C)O2)c(O)c1C(=O)OC. The molecule has 39 heavy (non-hydrogen) atoms. The minimum absolute atomic E-state index is 0.00967. The van der Waals surface area contributed by atoms with Crippen molar-refractivity contribution in [2.75, 3.05) is 13.7 Å². The zero-order chi connectivity index (χ0) is 29.0. The first-order chi connectivity index (χ1) is 18.3. The van der Waals surface area contributed by atoms with E-state index in [1.165, 1.54) is 44.2 Å². The van der Waals surface area contributed by atoms with Gasteiger partial charge in [0.15, 0.2) is 6.10 Å². The number of esters is 2. The molecule has 1 heterocycles. The Balaban J connectivity index is 2.02. The Hall–Kier alpha value is -4.06. The number of ether oxygens (including phenoxy) is 4. The second kappa shape index (κ2) is 11.8. The van der Waals surface area contributed by atoms with Crippen LogP contribution in [-0.2, 0) is 19.0 Å². The van der Waals surface area contributed by atoms with E-state index in [9.17, 15) is 32.7 Å². The van der Waals surface area contributed by atoms with E-state index in [0.29, 0.717) is 0 Å². The van der Waals surface area contributed by atoms with Crippen LogP contribution < -0.4 is 10.1 Å². The Labute approximate surface area is 222 Å². The molecule has 0 saturated carbocycles. The maximum absolute atomic E-state index is 13.3. The highest BCUT2D eigenvalue weighted by atomic mass is 19.4. The summed E-state index contributed by atoms with van der Waals surface area (Å²) in [5, 5.41) is 13.0. The number of hydrogen-bond acceptors (Lipinski definition) is 8. The van der Waals surface area contributed by atoms with E-state index in [1.807, 2.05) is 5.32 Å². The lowest BCUT2D eigenvalue weighted by atomic mass is 9.80. The molecular formula is C27H28F3NO8. The predicted octanol–water partition coefficient (Wildman–Crippen LogP) is 4.26. The molecule has 4 atom stereocenters. The van der Waals surface area contributed by atoms with Crippen molar-refractivity contribution >= 4 is 17.8 Å². The van der Waals surface area contributed by atoms with Crippen molar-refractivity contribution < 1.29 is 51.6 Å².